The molecule has 0 bridgehead atoms. The van der Waals surface area contributed by atoms with Gasteiger partial charge in [-0.3, -0.25) is 9.69 Å². The number of ketones is 1. The van der Waals surface area contributed by atoms with Crippen molar-refractivity contribution in [2.45, 2.75) is 58.1 Å². The third kappa shape index (κ3) is 2.54. The van der Waals surface area contributed by atoms with E-state index in [9.17, 15) is 9.59 Å². The van der Waals surface area contributed by atoms with E-state index in [1.807, 2.05) is 27.7 Å². The number of ether oxygens (including phenoxy) is 1. The first-order valence-corrected chi connectivity index (χ1v) is 5.73. The van der Waals surface area contributed by atoms with Gasteiger partial charge in [-0.15, -0.1) is 0 Å². The van der Waals surface area contributed by atoms with E-state index in [0.717, 1.165) is 12.8 Å². The van der Waals surface area contributed by atoms with Crippen molar-refractivity contribution in [3.8, 4) is 0 Å². The Morgan fingerprint density at radius 1 is 1.31 bits per heavy atom. The number of carbonyl (C=O) groups is 2. The number of amides is 1. The standard InChI is InChI=1S/C12H21NO3/c1-6-9(14)12(7-8-12)13(5)10(15)16-11(2,3)4/h6-8H2,1-5H3. The van der Waals surface area contributed by atoms with Gasteiger partial charge in [0.2, 0.25) is 0 Å². The predicted molar refractivity (Wildman–Crippen MR) is 61.3 cm³/mol. The molecule has 0 spiro atoms. The average Bonchev–Trinajstić information content (AvgIpc) is 2.93. The first kappa shape index (κ1) is 13.0. The minimum atomic E-state index is -0.572. The number of likely N-dealkylation sites (N-methyl/N-ethyl adjacent to an activating group) is 1. The van der Waals surface area contributed by atoms with Crippen molar-refractivity contribution in [1.29, 1.82) is 0 Å². The SMILES string of the molecule is CCC(=O)C1(N(C)C(=O)OC(C)(C)C)CC1. The summed E-state index contributed by atoms with van der Waals surface area (Å²) < 4.78 is 5.26. The van der Waals surface area contributed by atoms with Crippen molar-refractivity contribution in [2.75, 3.05) is 7.05 Å². The molecular weight excluding hydrogens is 206 g/mol. The summed E-state index contributed by atoms with van der Waals surface area (Å²) in [6.45, 7) is 7.28. The largest absolute Gasteiger partial charge is 0.444 e. The Labute approximate surface area is 96.9 Å². The van der Waals surface area contributed by atoms with Gasteiger partial charge < -0.3 is 4.74 Å². The van der Waals surface area contributed by atoms with E-state index in [-0.39, 0.29) is 5.78 Å². The van der Waals surface area contributed by atoms with Crippen LogP contribution in [0.25, 0.3) is 0 Å². The highest BCUT2D eigenvalue weighted by atomic mass is 16.6. The van der Waals surface area contributed by atoms with Crippen LogP contribution in [0.3, 0.4) is 0 Å². The van der Waals surface area contributed by atoms with Gasteiger partial charge in [-0.05, 0) is 33.6 Å². The van der Waals surface area contributed by atoms with Crippen LogP contribution in [-0.2, 0) is 9.53 Å². The molecular formula is C12H21NO3. The maximum Gasteiger partial charge on any atom is 0.410 e. The average molecular weight is 227 g/mol. The molecule has 0 aromatic carbocycles. The Morgan fingerprint density at radius 3 is 2.12 bits per heavy atom. The molecule has 0 N–H and O–H groups in total. The zero-order valence-electron chi connectivity index (χ0n) is 10.8. The van der Waals surface area contributed by atoms with Crippen LogP contribution in [0.15, 0.2) is 0 Å². The van der Waals surface area contributed by atoms with Crippen LogP contribution < -0.4 is 0 Å². The second-order valence-corrected chi connectivity index (χ2v) is 5.35. The summed E-state index contributed by atoms with van der Waals surface area (Å²) in [5.41, 5.74) is -1.09. The van der Waals surface area contributed by atoms with Gasteiger partial charge in [0, 0.05) is 13.5 Å². The Kier molecular flexibility index (Phi) is 3.31. The normalized spacial score (nSPS) is 17.8. The van der Waals surface area contributed by atoms with Crippen molar-refractivity contribution >= 4 is 11.9 Å². The molecule has 0 aromatic rings. The molecule has 1 amide bonds. The van der Waals surface area contributed by atoms with Crippen LogP contribution >= 0.6 is 0 Å². The minimum Gasteiger partial charge on any atom is -0.444 e. The summed E-state index contributed by atoms with van der Waals surface area (Å²) in [4.78, 5) is 25.0. The highest BCUT2D eigenvalue weighted by molar-refractivity contribution is 5.94. The van der Waals surface area contributed by atoms with Crippen molar-refractivity contribution in [3.05, 3.63) is 0 Å². The second kappa shape index (κ2) is 4.07. The summed E-state index contributed by atoms with van der Waals surface area (Å²) in [5.74, 6) is 0.126. The van der Waals surface area contributed by atoms with Crippen LogP contribution in [0.4, 0.5) is 4.79 Å². The number of rotatable bonds is 3. The van der Waals surface area contributed by atoms with Crippen molar-refractivity contribution < 1.29 is 14.3 Å². The maximum atomic E-state index is 11.8. The van der Waals surface area contributed by atoms with E-state index < -0.39 is 17.2 Å². The quantitative estimate of drug-likeness (QED) is 0.743. The maximum absolute atomic E-state index is 11.8. The first-order valence-electron chi connectivity index (χ1n) is 5.73. The monoisotopic (exact) mass is 227 g/mol. The first-order chi connectivity index (χ1) is 7.23. The molecule has 1 saturated carbocycles. The predicted octanol–water partition coefficient (Wildman–Crippen LogP) is 2.37. The minimum absolute atomic E-state index is 0.126. The smallest absolute Gasteiger partial charge is 0.410 e. The molecule has 1 aliphatic carbocycles. The van der Waals surface area contributed by atoms with E-state index in [1.54, 1.807) is 7.05 Å². The van der Waals surface area contributed by atoms with Gasteiger partial charge in [0.15, 0.2) is 5.78 Å². The fraction of sp³-hybridized carbons (Fsp3) is 0.833. The topological polar surface area (TPSA) is 46.6 Å². The van der Waals surface area contributed by atoms with Gasteiger partial charge in [-0.25, -0.2) is 4.79 Å². The van der Waals surface area contributed by atoms with Gasteiger partial charge in [0.05, 0.1) is 0 Å². The summed E-state index contributed by atoms with van der Waals surface area (Å²) in [5, 5.41) is 0. The Bertz CT molecular complexity index is 300. The Hall–Kier alpha value is -1.06. The number of Topliss-reactive ketones (excluding diaryl/α,β-unsaturated/α-hetero) is 1. The van der Waals surface area contributed by atoms with Crippen LogP contribution in [-0.4, -0.2) is 35.0 Å². The van der Waals surface area contributed by atoms with Crippen LogP contribution in [0.5, 0.6) is 0 Å². The number of carbonyl (C=O) groups excluding carboxylic acids is 2. The van der Waals surface area contributed by atoms with Crippen molar-refractivity contribution in [1.82, 2.24) is 4.90 Å². The van der Waals surface area contributed by atoms with Gasteiger partial charge in [0.25, 0.3) is 0 Å². The van der Waals surface area contributed by atoms with Crippen LogP contribution in [0.2, 0.25) is 0 Å². The highest BCUT2D eigenvalue weighted by Gasteiger charge is 2.54. The lowest BCUT2D eigenvalue weighted by atomic mass is 10.1. The molecule has 1 fully saturated rings. The molecule has 0 aromatic heterocycles. The second-order valence-electron chi connectivity index (χ2n) is 5.35. The van der Waals surface area contributed by atoms with Crippen molar-refractivity contribution in [3.63, 3.8) is 0 Å². The summed E-state index contributed by atoms with van der Waals surface area (Å²) in [6, 6.07) is 0. The van der Waals surface area contributed by atoms with Crippen LogP contribution in [0, 0.1) is 0 Å². The molecule has 0 unspecified atom stereocenters. The highest BCUT2D eigenvalue weighted by Crippen LogP contribution is 2.43. The third-order valence-corrected chi connectivity index (χ3v) is 2.87. The lowest BCUT2D eigenvalue weighted by Gasteiger charge is -2.29. The molecule has 0 radical (unpaired) electrons. The van der Waals surface area contributed by atoms with Gasteiger partial charge >= 0.3 is 6.09 Å². The lowest BCUT2D eigenvalue weighted by molar-refractivity contribution is -0.125. The summed E-state index contributed by atoms with van der Waals surface area (Å²) >= 11 is 0. The summed E-state index contributed by atoms with van der Waals surface area (Å²) in [6.07, 6.45) is 1.57. The molecule has 0 saturated heterocycles. The fourth-order valence-corrected chi connectivity index (χ4v) is 1.75. The lowest BCUT2D eigenvalue weighted by Crippen LogP contribution is -2.46. The van der Waals surface area contributed by atoms with Crippen molar-refractivity contribution in [2.24, 2.45) is 0 Å². The summed E-state index contributed by atoms with van der Waals surface area (Å²) in [7, 11) is 1.65. The van der Waals surface area contributed by atoms with E-state index in [2.05, 4.69) is 0 Å². The van der Waals surface area contributed by atoms with Gasteiger partial charge in [0.1, 0.15) is 11.1 Å². The fourth-order valence-electron chi connectivity index (χ4n) is 1.75. The van der Waals surface area contributed by atoms with E-state index in [1.165, 1.54) is 4.90 Å². The number of nitrogens with zero attached hydrogens (tertiary/aromatic N) is 1. The Balaban J connectivity index is 2.68. The third-order valence-electron chi connectivity index (χ3n) is 2.87. The zero-order chi connectivity index (χ0) is 12.6. The Morgan fingerprint density at radius 2 is 1.81 bits per heavy atom. The molecule has 16 heavy (non-hydrogen) atoms. The molecule has 1 rings (SSSR count). The molecule has 4 nitrogen and oxygen atoms in total. The number of hydrogen-bond acceptors (Lipinski definition) is 3. The molecule has 92 valence electrons. The van der Waals surface area contributed by atoms with E-state index in [0.29, 0.717) is 6.42 Å². The zero-order valence-corrected chi connectivity index (χ0v) is 10.8. The number of hydrogen-bond donors (Lipinski definition) is 0. The van der Waals surface area contributed by atoms with E-state index in [4.69, 9.17) is 4.74 Å². The molecule has 0 heterocycles. The van der Waals surface area contributed by atoms with Crippen LogP contribution in [0.1, 0.15) is 47.0 Å². The molecule has 0 atom stereocenters. The molecule has 4 heteroatoms. The van der Waals surface area contributed by atoms with Gasteiger partial charge in [-0.2, -0.15) is 0 Å². The van der Waals surface area contributed by atoms with Gasteiger partial charge in [-0.1, -0.05) is 6.92 Å². The molecule has 1 aliphatic rings. The van der Waals surface area contributed by atoms with E-state index >= 15 is 0 Å². The molecule has 0 aliphatic heterocycles.